The summed E-state index contributed by atoms with van der Waals surface area (Å²) in [6.45, 7) is 5.71. The second-order valence-electron chi connectivity index (χ2n) is 5.03. The van der Waals surface area contributed by atoms with Gasteiger partial charge < -0.3 is 15.2 Å². The summed E-state index contributed by atoms with van der Waals surface area (Å²) in [7, 11) is 0. The summed E-state index contributed by atoms with van der Waals surface area (Å²) >= 11 is 0. The van der Waals surface area contributed by atoms with E-state index in [4.69, 9.17) is 9.84 Å². The molecule has 0 radical (unpaired) electrons. The van der Waals surface area contributed by atoms with Gasteiger partial charge >= 0.3 is 5.97 Å². The van der Waals surface area contributed by atoms with Crippen LogP contribution in [0.25, 0.3) is 0 Å². The molecule has 1 rings (SSSR count). The van der Waals surface area contributed by atoms with Gasteiger partial charge in [0.2, 0.25) is 5.91 Å². The molecule has 1 fully saturated rings. The molecule has 1 aliphatic carbocycles. The normalized spacial score (nSPS) is 18.8. The monoisotopic (exact) mass is 269 g/mol. The van der Waals surface area contributed by atoms with Crippen molar-refractivity contribution in [3.63, 3.8) is 0 Å². The first-order valence-electron chi connectivity index (χ1n) is 6.78. The van der Waals surface area contributed by atoms with Crippen molar-refractivity contribution >= 4 is 11.9 Å². The van der Waals surface area contributed by atoms with Crippen LogP contribution >= 0.6 is 0 Å². The molecule has 108 valence electrons. The minimum absolute atomic E-state index is 0.0348. The number of hydrogen-bond acceptors (Lipinski definition) is 3. The third-order valence-electron chi connectivity index (χ3n) is 3.84. The second kappa shape index (κ2) is 7.28. The number of nitrogens with one attached hydrogen (secondary N) is 1. The van der Waals surface area contributed by atoms with Gasteiger partial charge in [-0.25, -0.2) is 4.79 Å². The maximum atomic E-state index is 12.3. The molecule has 1 aliphatic rings. The Balaban J connectivity index is 2.59. The lowest BCUT2D eigenvalue weighted by Gasteiger charge is -2.28. The van der Waals surface area contributed by atoms with E-state index in [2.05, 4.69) is 11.9 Å². The van der Waals surface area contributed by atoms with Crippen LogP contribution in [0.15, 0.2) is 12.7 Å². The van der Waals surface area contributed by atoms with Crippen LogP contribution in [0, 0.1) is 5.41 Å². The molecular formula is C14H23NO4. The molecule has 1 amide bonds. The topological polar surface area (TPSA) is 75.6 Å². The number of carbonyl (C=O) groups excluding carboxylic acids is 1. The van der Waals surface area contributed by atoms with Gasteiger partial charge in [-0.15, -0.1) is 6.58 Å². The fourth-order valence-electron chi connectivity index (χ4n) is 2.55. The molecule has 19 heavy (non-hydrogen) atoms. The van der Waals surface area contributed by atoms with Crippen LogP contribution in [-0.2, 0) is 14.3 Å². The Kier molecular flexibility index (Phi) is 6.02. The third-order valence-corrected chi connectivity index (χ3v) is 3.84. The van der Waals surface area contributed by atoms with E-state index in [1.807, 2.05) is 6.92 Å². The van der Waals surface area contributed by atoms with Gasteiger partial charge in [0.1, 0.15) is 0 Å². The first-order valence-corrected chi connectivity index (χ1v) is 6.78. The molecule has 1 saturated carbocycles. The summed E-state index contributed by atoms with van der Waals surface area (Å²) in [5, 5.41) is 11.7. The highest BCUT2D eigenvalue weighted by molar-refractivity contribution is 5.87. The number of aliphatic carboxylic acids is 1. The highest BCUT2D eigenvalue weighted by Crippen LogP contribution is 2.41. The molecule has 5 nitrogen and oxygen atoms in total. The van der Waals surface area contributed by atoms with Crippen molar-refractivity contribution in [3.8, 4) is 0 Å². The van der Waals surface area contributed by atoms with Crippen LogP contribution in [0.5, 0.6) is 0 Å². The molecule has 5 heteroatoms. The standard InChI is InChI=1S/C14H23NO4/c1-3-9-19-10-11(12(16)17)15-13(18)14(4-2)7-5-6-8-14/h3,11H,1,4-10H2,2H3,(H,15,18)(H,16,17). The maximum Gasteiger partial charge on any atom is 0.328 e. The highest BCUT2D eigenvalue weighted by atomic mass is 16.5. The predicted octanol–water partition coefficient (Wildman–Crippen LogP) is 1.73. The average Bonchev–Trinajstić information content (AvgIpc) is 2.87. The fourth-order valence-corrected chi connectivity index (χ4v) is 2.55. The van der Waals surface area contributed by atoms with Gasteiger partial charge in [0.05, 0.1) is 13.2 Å². The van der Waals surface area contributed by atoms with E-state index in [1.165, 1.54) is 0 Å². The van der Waals surface area contributed by atoms with Crippen LogP contribution in [-0.4, -0.2) is 36.2 Å². The molecule has 1 atom stereocenters. The molecule has 2 N–H and O–H groups in total. The quantitative estimate of drug-likeness (QED) is 0.520. The second-order valence-corrected chi connectivity index (χ2v) is 5.03. The average molecular weight is 269 g/mol. The lowest BCUT2D eigenvalue weighted by Crippen LogP contribution is -2.49. The molecular weight excluding hydrogens is 246 g/mol. The Morgan fingerprint density at radius 1 is 1.47 bits per heavy atom. The van der Waals surface area contributed by atoms with Crippen LogP contribution < -0.4 is 5.32 Å². The zero-order valence-electron chi connectivity index (χ0n) is 11.5. The van der Waals surface area contributed by atoms with Crippen molar-refractivity contribution in [2.24, 2.45) is 5.41 Å². The van der Waals surface area contributed by atoms with Crippen LogP contribution in [0.4, 0.5) is 0 Å². The Morgan fingerprint density at radius 3 is 2.58 bits per heavy atom. The molecule has 0 aromatic heterocycles. The van der Waals surface area contributed by atoms with E-state index >= 15 is 0 Å². The van der Waals surface area contributed by atoms with Crippen molar-refractivity contribution in [3.05, 3.63) is 12.7 Å². The smallest absolute Gasteiger partial charge is 0.328 e. The molecule has 0 aromatic rings. The van der Waals surface area contributed by atoms with Crippen LogP contribution in [0.2, 0.25) is 0 Å². The SMILES string of the molecule is C=CCOCC(NC(=O)C1(CC)CCCC1)C(=O)O. The molecule has 0 spiro atoms. The van der Waals surface area contributed by atoms with E-state index in [9.17, 15) is 9.59 Å². The number of amides is 1. The number of carbonyl (C=O) groups is 2. The van der Waals surface area contributed by atoms with E-state index in [0.29, 0.717) is 0 Å². The van der Waals surface area contributed by atoms with E-state index in [0.717, 1.165) is 32.1 Å². The fraction of sp³-hybridized carbons (Fsp3) is 0.714. The number of rotatable bonds is 8. The number of hydrogen-bond donors (Lipinski definition) is 2. The van der Waals surface area contributed by atoms with E-state index < -0.39 is 12.0 Å². The van der Waals surface area contributed by atoms with Gasteiger partial charge in [-0.1, -0.05) is 25.8 Å². The van der Waals surface area contributed by atoms with Crippen LogP contribution in [0.3, 0.4) is 0 Å². The molecule has 0 heterocycles. The summed E-state index contributed by atoms with van der Waals surface area (Å²) in [5.74, 6) is -1.22. The Hall–Kier alpha value is -1.36. The van der Waals surface area contributed by atoms with Gasteiger partial charge in [-0.2, -0.15) is 0 Å². The van der Waals surface area contributed by atoms with Crippen molar-refractivity contribution < 1.29 is 19.4 Å². The molecule has 0 bridgehead atoms. The molecule has 1 unspecified atom stereocenters. The zero-order chi connectivity index (χ0) is 14.3. The Morgan fingerprint density at radius 2 is 2.11 bits per heavy atom. The summed E-state index contributed by atoms with van der Waals surface area (Å²) in [6.07, 6.45) is 6.05. The maximum absolute atomic E-state index is 12.3. The minimum Gasteiger partial charge on any atom is -0.480 e. The molecule has 0 saturated heterocycles. The number of carboxylic acids is 1. The van der Waals surface area contributed by atoms with Gasteiger partial charge in [0.15, 0.2) is 6.04 Å². The zero-order valence-corrected chi connectivity index (χ0v) is 11.5. The van der Waals surface area contributed by atoms with Crippen molar-refractivity contribution in [1.82, 2.24) is 5.32 Å². The third kappa shape index (κ3) is 4.06. The predicted molar refractivity (Wildman–Crippen MR) is 71.8 cm³/mol. The summed E-state index contributed by atoms with van der Waals surface area (Å²) in [5.41, 5.74) is -0.383. The van der Waals surface area contributed by atoms with E-state index in [1.54, 1.807) is 6.08 Å². The van der Waals surface area contributed by atoms with Gasteiger partial charge in [0, 0.05) is 5.41 Å². The van der Waals surface area contributed by atoms with Gasteiger partial charge in [-0.3, -0.25) is 4.79 Å². The van der Waals surface area contributed by atoms with Crippen LogP contribution in [0.1, 0.15) is 39.0 Å². The first kappa shape index (κ1) is 15.7. The number of ether oxygens (including phenoxy) is 1. The summed E-state index contributed by atoms with van der Waals surface area (Å²) in [6, 6.07) is -0.989. The largest absolute Gasteiger partial charge is 0.480 e. The van der Waals surface area contributed by atoms with Crippen molar-refractivity contribution in [2.75, 3.05) is 13.2 Å². The highest BCUT2D eigenvalue weighted by Gasteiger charge is 2.40. The summed E-state index contributed by atoms with van der Waals surface area (Å²) in [4.78, 5) is 23.4. The lowest BCUT2D eigenvalue weighted by molar-refractivity contribution is -0.145. The van der Waals surface area contributed by atoms with Crippen molar-refractivity contribution in [2.45, 2.75) is 45.1 Å². The lowest BCUT2D eigenvalue weighted by atomic mass is 9.82. The van der Waals surface area contributed by atoms with Gasteiger partial charge in [-0.05, 0) is 19.3 Å². The molecule has 0 aromatic carbocycles. The van der Waals surface area contributed by atoms with E-state index in [-0.39, 0.29) is 24.5 Å². The number of carboxylic acid groups (broad SMARTS) is 1. The first-order chi connectivity index (χ1) is 9.05. The Bertz CT molecular complexity index is 334. The van der Waals surface area contributed by atoms with Gasteiger partial charge in [0.25, 0.3) is 0 Å². The van der Waals surface area contributed by atoms with Crippen molar-refractivity contribution in [1.29, 1.82) is 0 Å². The Labute approximate surface area is 114 Å². The molecule has 0 aliphatic heterocycles. The summed E-state index contributed by atoms with van der Waals surface area (Å²) < 4.78 is 5.12. The minimum atomic E-state index is -1.07.